The molecule has 0 bridgehead atoms. The van der Waals surface area contributed by atoms with Crippen LogP contribution in [0.1, 0.15) is 34.1 Å². The highest BCUT2D eigenvalue weighted by Gasteiger charge is 2.50. The molecular weight excluding hydrogens is 411 g/mol. The number of pyridine rings is 1. The first-order valence-corrected chi connectivity index (χ1v) is 9.67. The number of Topliss-reactive ketones (excluding diaryl/α,β-unsaturated/α-hetero) is 1. The molecular formula is C21H18ClFN4O3. The maximum Gasteiger partial charge on any atom is 0.283 e. The zero-order valence-electron chi connectivity index (χ0n) is 16.1. The maximum atomic E-state index is 14.9. The summed E-state index contributed by atoms with van der Waals surface area (Å²) in [5.74, 6) is -1.00. The molecule has 3 atom stereocenters. The number of nitriles is 1. The Bertz CT molecular complexity index is 1100. The molecule has 1 aromatic carbocycles. The lowest BCUT2D eigenvalue weighted by Gasteiger charge is -2.38. The number of aliphatic imine (C=N–C) groups is 1. The van der Waals surface area contributed by atoms with Gasteiger partial charge < -0.3 is 15.2 Å². The van der Waals surface area contributed by atoms with E-state index in [0.29, 0.717) is 24.3 Å². The van der Waals surface area contributed by atoms with Crippen molar-refractivity contribution in [2.24, 2.45) is 16.6 Å². The van der Waals surface area contributed by atoms with Crippen LogP contribution in [0.15, 0.2) is 35.5 Å². The normalized spacial score (nSPS) is 25.1. The standard InChI is InChI=1S/C21H18ClFN4O3/c1-21(14-9-29-10-18(14)30-20(25)27-21)13-4-11(2-3-16(13)23)6-17(28)19-15(22)5-12(7-24)8-26-19/h2-5,8,14,18H,6,9-10H2,1H3,(H2,25,27)/t14-,18+,21+/m0/s1. The Balaban J connectivity index is 1.66. The third-order valence-electron chi connectivity index (χ3n) is 5.54. The van der Waals surface area contributed by atoms with Crippen molar-refractivity contribution in [3.63, 3.8) is 0 Å². The predicted molar refractivity (Wildman–Crippen MR) is 107 cm³/mol. The third-order valence-corrected chi connectivity index (χ3v) is 5.83. The van der Waals surface area contributed by atoms with Crippen molar-refractivity contribution in [3.8, 4) is 6.07 Å². The molecule has 0 unspecified atom stereocenters. The molecule has 0 spiro atoms. The lowest BCUT2D eigenvalue weighted by Crippen LogP contribution is -2.47. The topological polar surface area (TPSA) is 111 Å². The van der Waals surface area contributed by atoms with Crippen LogP contribution in [-0.4, -0.2) is 36.1 Å². The SMILES string of the molecule is C[C@]1(c2cc(CC(=O)c3ncc(C#N)cc3Cl)ccc2F)N=C(N)O[C@@H]2COC[C@@H]21. The van der Waals surface area contributed by atoms with Crippen molar-refractivity contribution in [1.82, 2.24) is 4.98 Å². The summed E-state index contributed by atoms with van der Waals surface area (Å²) in [4.78, 5) is 21.1. The van der Waals surface area contributed by atoms with E-state index in [9.17, 15) is 9.18 Å². The minimum atomic E-state index is -0.989. The number of amidine groups is 1. The molecule has 154 valence electrons. The van der Waals surface area contributed by atoms with Gasteiger partial charge in [0, 0.05) is 18.2 Å². The van der Waals surface area contributed by atoms with Gasteiger partial charge in [-0.05, 0) is 30.7 Å². The van der Waals surface area contributed by atoms with Crippen LogP contribution in [0.25, 0.3) is 0 Å². The van der Waals surface area contributed by atoms with Crippen LogP contribution in [-0.2, 0) is 21.4 Å². The van der Waals surface area contributed by atoms with Gasteiger partial charge in [0.15, 0.2) is 5.78 Å². The van der Waals surface area contributed by atoms with E-state index in [4.69, 9.17) is 32.1 Å². The highest BCUT2D eigenvalue weighted by Crippen LogP contribution is 2.43. The van der Waals surface area contributed by atoms with Gasteiger partial charge in [-0.15, -0.1) is 0 Å². The molecule has 0 aliphatic carbocycles. The minimum Gasteiger partial charge on any atom is -0.459 e. The molecule has 4 rings (SSSR count). The molecule has 2 aliphatic rings. The molecule has 3 heterocycles. The van der Waals surface area contributed by atoms with Crippen LogP contribution in [0.4, 0.5) is 4.39 Å². The predicted octanol–water partition coefficient (Wildman–Crippen LogP) is 2.75. The number of ketones is 1. The summed E-state index contributed by atoms with van der Waals surface area (Å²) in [7, 11) is 0. The Morgan fingerprint density at radius 3 is 2.97 bits per heavy atom. The first-order valence-electron chi connectivity index (χ1n) is 9.29. The monoisotopic (exact) mass is 428 g/mol. The number of ether oxygens (including phenoxy) is 2. The molecule has 7 nitrogen and oxygen atoms in total. The number of hydrogen-bond acceptors (Lipinski definition) is 7. The van der Waals surface area contributed by atoms with Crippen molar-refractivity contribution in [3.05, 3.63) is 63.7 Å². The number of halogens is 2. The quantitative estimate of drug-likeness (QED) is 0.749. The van der Waals surface area contributed by atoms with Crippen molar-refractivity contribution in [1.29, 1.82) is 5.26 Å². The van der Waals surface area contributed by atoms with Crippen LogP contribution in [0.2, 0.25) is 5.02 Å². The Morgan fingerprint density at radius 2 is 2.23 bits per heavy atom. The molecule has 1 aromatic heterocycles. The molecule has 9 heteroatoms. The molecule has 0 amide bonds. The number of nitrogens with zero attached hydrogens (tertiary/aromatic N) is 3. The Hall–Kier alpha value is -3.02. The fourth-order valence-corrected chi connectivity index (χ4v) is 4.24. The number of nitrogens with two attached hydrogens (primary N) is 1. The van der Waals surface area contributed by atoms with Gasteiger partial charge >= 0.3 is 0 Å². The van der Waals surface area contributed by atoms with E-state index < -0.39 is 11.4 Å². The number of hydrogen-bond donors (Lipinski definition) is 1. The smallest absolute Gasteiger partial charge is 0.283 e. The lowest BCUT2D eigenvalue weighted by molar-refractivity contribution is 0.0816. The number of benzene rings is 1. The lowest BCUT2D eigenvalue weighted by atomic mass is 9.77. The number of fused-ring (bicyclic) bond motifs is 1. The average molecular weight is 429 g/mol. The van der Waals surface area contributed by atoms with Gasteiger partial charge in [-0.2, -0.15) is 5.26 Å². The van der Waals surface area contributed by atoms with Gasteiger partial charge in [0.1, 0.15) is 23.7 Å². The number of aromatic nitrogens is 1. The first kappa shape index (κ1) is 20.3. The Morgan fingerprint density at radius 1 is 1.43 bits per heavy atom. The number of carbonyl (C=O) groups excluding carboxylic acids is 1. The van der Waals surface area contributed by atoms with E-state index in [1.165, 1.54) is 24.4 Å². The largest absolute Gasteiger partial charge is 0.459 e. The van der Waals surface area contributed by atoms with E-state index in [1.54, 1.807) is 13.0 Å². The van der Waals surface area contributed by atoms with E-state index in [0.717, 1.165) is 0 Å². The summed E-state index contributed by atoms with van der Waals surface area (Å²) in [6.45, 7) is 2.52. The van der Waals surface area contributed by atoms with Crippen molar-refractivity contribution in [2.75, 3.05) is 13.2 Å². The molecule has 2 N–H and O–H groups in total. The molecule has 0 radical (unpaired) electrons. The molecule has 1 saturated heterocycles. The summed E-state index contributed by atoms with van der Waals surface area (Å²) < 4.78 is 25.9. The van der Waals surface area contributed by atoms with Crippen LogP contribution in [0.3, 0.4) is 0 Å². The minimum absolute atomic E-state index is 0.0151. The van der Waals surface area contributed by atoms with Crippen LogP contribution < -0.4 is 5.73 Å². The maximum absolute atomic E-state index is 14.9. The second kappa shape index (κ2) is 7.67. The first-order chi connectivity index (χ1) is 14.3. The van der Waals surface area contributed by atoms with Crippen molar-refractivity contribution in [2.45, 2.75) is 25.0 Å². The Labute approximate surface area is 177 Å². The fourth-order valence-electron chi connectivity index (χ4n) is 3.97. The second-order valence-electron chi connectivity index (χ2n) is 7.48. The van der Waals surface area contributed by atoms with Gasteiger partial charge in [-0.3, -0.25) is 9.78 Å². The number of carbonyl (C=O) groups is 1. The zero-order valence-corrected chi connectivity index (χ0v) is 16.8. The summed E-state index contributed by atoms with van der Waals surface area (Å²) in [5, 5.41) is 9.01. The van der Waals surface area contributed by atoms with Gasteiger partial charge in [-0.25, -0.2) is 9.38 Å². The van der Waals surface area contributed by atoms with Gasteiger partial charge in [-0.1, -0.05) is 17.7 Å². The average Bonchev–Trinajstić information content (AvgIpc) is 3.18. The van der Waals surface area contributed by atoms with Gasteiger partial charge in [0.25, 0.3) is 6.02 Å². The highest BCUT2D eigenvalue weighted by atomic mass is 35.5. The van der Waals surface area contributed by atoms with Crippen LogP contribution in [0, 0.1) is 23.1 Å². The van der Waals surface area contributed by atoms with E-state index in [2.05, 4.69) is 9.98 Å². The molecule has 1 fully saturated rings. The zero-order chi connectivity index (χ0) is 21.5. The van der Waals surface area contributed by atoms with E-state index in [1.807, 2.05) is 6.07 Å². The molecule has 2 aromatic rings. The van der Waals surface area contributed by atoms with Crippen molar-refractivity contribution >= 4 is 23.4 Å². The van der Waals surface area contributed by atoms with Crippen molar-refractivity contribution < 1.29 is 18.7 Å². The Kier molecular flexibility index (Phi) is 5.18. The van der Waals surface area contributed by atoms with Gasteiger partial charge in [0.2, 0.25) is 0 Å². The highest BCUT2D eigenvalue weighted by molar-refractivity contribution is 6.33. The molecule has 0 saturated carbocycles. The summed E-state index contributed by atoms with van der Waals surface area (Å²) in [5.41, 5.74) is 6.07. The number of rotatable bonds is 4. The fraction of sp³-hybridized carbons (Fsp3) is 0.333. The van der Waals surface area contributed by atoms with Crippen LogP contribution in [0.5, 0.6) is 0 Å². The third kappa shape index (κ3) is 3.51. The van der Waals surface area contributed by atoms with Gasteiger partial charge in [0.05, 0.1) is 35.3 Å². The van der Waals surface area contributed by atoms with E-state index >= 15 is 0 Å². The molecule has 2 aliphatic heterocycles. The summed E-state index contributed by atoms with van der Waals surface area (Å²) in [6, 6.07) is 7.75. The van der Waals surface area contributed by atoms with E-state index in [-0.39, 0.29) is 46.5 Å². The molecule has 30 heavy (non-hydrogen) atoms. The second-order valence-corrected chi connectivity index (χ2v) is 7.89. The summed E-state index contributed by atoms with van der Waals surface area (Å²) in [6.07, 6.45) is 0.942. The summed E-state index contributed by atoms with van der Waals surface area (Å²) >= 11 is 6.09. The van der Waals surface area contributed by atoms with Crippen LogP contribution >= 0.6 is 11.6 Å².